The first-order valence-electron chi connectivity index (χ1n) is 5.86. The van der Waals surface area contributed by atoms with E-state index in [9.17, 15) is 4.79 Å². The predicted molar refractivity (Wildman–Crippen MR) is 75.0 cm³/mol. The van der Waals surface area contributed by atoms with Gasteiger partial charge in [0.05, 0.1) is 0 Å². The summed E-state index contributed by atoms with van der Waals surface area (Å²) in [6, 6.07) is 0. The highest BCUT2D eigenvalue weighted by molar-refractivity contribution is 5.87. The van der Waals surface area contributed by atoms with E-state index in [2.05, 4.69) is 59.0 Å². The van der Waals surface area contributed by atoms with E-state index in [-0.39, 0.29) is 6.61 Å². The number of carbonyl (C=O) groups excluding carboxylic acids is 1. The second-order valence-corrected chi connectivity index (χ2v) is 3.18. The Balaban J connectivity index is 3.73. The van der Waals surface area contributed by atoms with Crippen LogP contribution in [0.4, 0.5) is 0 Å². The average molecular weight is 250 g/mol. The Labute approximate surface area is 115 Å². The van der Waals surface area contributed by atoms with Crippen LogP contribution in [0.25, 0.3) is 0 Å². The highest BCUT2D eigenvalue weighted by Gasteiger charge is 1.90. The number of ether oxygens (including phenoxy) is 1. The summed E-state index contributed by atoms with van der Waals surface area (Å²) in [7, 11) is 0. The van der Waals surface area contributed by atoms with E-state index in [1.54, 1.807) is 0 Å². The van der Waals surface area contributed by atoms with Crippen molar-refractivity contribution in [3.05, 3.63) is 0 Å². The van der Waals surface area contributed by atoms with Gasteiger partial charge in [0.25, 0.3) is 0 Å². The largest absolute Gasteiger partial charge is 0.443 e. The molecule has 0 unspecified atom stereocenters. The number of carbonyl (C=O) groups is 1. The van der Waals surface area contributed by atoms with E-state index in [0.29, 0.717) is 12.8 Å². The molecule has 0 N–H and O–H groups in total. The molecule has 0 fully saturated rings. The molecule has 0 aromatic carbocycles. The predicted octanol–water partition coefficient (Wildman–Crippen LogP) is 1.76. The van der Waals surface area contributed by atoms with Crippen LogP contribution in [0.1, 0.15) is 32.6 Å². The Morgan fingerprint density at radius 2 is 1.47 bits per heavy atom. The minimum absolute atomic E-state index is 0.0372. The fourth-order valence-corrected chi connectivity index (χ4v) is 0.794. The van der Waals surface area contributed by atoms with Gasteiger partial charge in [0, 0.05) is 25.2 Å². The zero-order valence-corrected chi connectivity index (χ0v) is 10.9. The van der Waals surface area contributed by atoms with Crippen LogP contribution in [-0.4, -0.2) is 12.6 Å². The van der Waals surface area contributed by atoms with Crippen molar-refractivity contribution in [1.29, 1.82) is 0 Å². The van der Waals surface area contributed by atoms with Crippen LogP contribution in [0.5, 0.6) is 0 Å². The Bertz CT molecular complexity index is 560. The van der Waals surface area contributed by atoms with Gasteiger partial charge >= 0.3 is 5.97 Å². The maximum Gasteiger partial charge on any atom is 0.385 e. The van der Waals surface area contributed by atoms with Crippen LogP contribution in [0.3, 0.4) is 0 Å². The normalized spacial score (nSPS) is 6.74. The van der Waals surface area contributed by atoms with E-state index in [1.807, 2.05) is 5.92 Å². The highest BCUT2D eigenvalue weighted by Crippen LogP contribution is 1.83. The molecular formula is C17H14O2. The van der Waals surface area contributed by atoms with Crippen LogP contribution >= 0.6 is 0 Å². The fourth-order valence-electron chi connectivity index (χ4n) is 0.794. The van der Waals surface area contributed by atoms with Crippen molar-refractivity contribution < 1.29 is 9.53 Å². The summed E-state index contributed by atoms with van der Waals surface area (Å²) < 4.78 is 4.53. The molecule has 0 saturated carbocycles. The number of rotatable bonds is 3. The summed E-state index contributed by atoms with van der Waals surface area (Å²) in [6.07, 6.45) is 8.04. The summed E-state index contributed by atoms with van der Waals surface area (Å²) in [6.45, 7) is 2.04. The van der Waals surface area contributed by atoms with Gasteiger partial charge < -0.3 is 4.74 Å². The Hall–Kier alpha value is -2.73. The monoisotopic (exact) mass is 250 g/mol. The lowest BCUT2D eigenvalue weighted by Gasteiger charge is -1.88. The lowest BCUT2D eigenvalue weighted by Crippen LogP contribution is -1.99. The molecule has 0 atom stereocenters. The summed E-state index contributed by atoms with van der Waals surface area (Å²) >= 11 is 0. The van der Waals surface area contributed by atoms with Crippen molar-refractivity contribution in [2.75, 3.05) is 6.61 Å². The van der Waals surface area contributed by atoms with Gasteiger partial charge in [0.2, 0.25) is 0 Å². The van der Waals surface area contributed by atoms with Crippen molar-refractivity contribution in [3.8, 4) is 59.7 Å². The first-order valence-corrected chi connectivity index (χ1v) is 5.86. The fraction of sp³-hybridized carbons (Fsp3) is 0.353. The van der Waals surface area contributed by atoms with Crippen LogP contribution in [0.15, 0.2) is 0 Å². The molecule has 0 spiro atoms. The molecule has 2 nitrogen and oxygen atoms in total. The van der Waals surface area contributed by atoms with Crippen LogP contribution in [-0.2, 0) is 9.53 Å². The minimum Gasteiger partial charge on any atom is -0.443 e. The average Bonchev–Trinajstić information content (AvgIpc) is 2.43. The van der Waals surface area contributed by atoms with Gasteiger partial charge in [-0.2, -0.15) is 0 Å². The van der Waals surface area contributed by atoms with Gasteiger partial charge in [-0.05, 0) is 36.0 Å². The van der Waals surface area contributed by atoms with E-state index in [4.69, 9.17) is 6.42 Å². The third-order valence-corrected chi connectivity index (χ3v) is 1.62. The number of hydrogen-bond donors (Lipinski definition) is 0. The number of terminal acetylenes is 1. The van der Waals surface area contributed by atoms with E-state index in [0.717, 1.165) is 12.8 Å². The van der Waals surface area contributed by atoms with Crippen molar-refractivity contribution in [2.45, 2.75) is 32.6 Å². The molecular weight excluding hydrogens is 236 g/mol. The molecule has 2 heteroatoms. The zero-order valence-electron chi connectivity index (χ0n) is 10.9. The molecule has 19 heavy (non-hydrogen) atoms. The van der Waals surface area contributed by atoms with Crippen molar-refractivity contribution >= 4 is 5.97 Å². The molecule has 0 amide bonds. The lowest BCUT2D eigenvalue weighted by atomic mass is 10.3. The number of unbranched alkanes of at least 4 members (excludes halogenated alkanes) is 2. The maximum atomic E-state index is 10.5. The van der Waals surface area contributed by atoms with Gasteiger partial charge in [-0.25, -0.2) is 4.79 Å². The molecule has 0 aromatic heterocycles. The molecule has 0 heterocycles. The smallest absolute Gasteiger partial charge is 0.385 e. The van der Waals surface area contributed by atoms with Crippen LogP contribution < -0.4 is 0 Å². The standard InChI is InChI=1S/C17H14O2/c1-3-5-6-7-8-9-10-11-12-13-14-15-16-19-17(18)4-2/h2H,3,5,10-11,16H2,1H3. The van der Waals surface area contributed by atoms with Crippen molar-refractivity contribution in [3.63, 3.8) is 0 Å². The molecule has 0 aromatic rings. The summed E-state index contributed by atoms with van der Waals surface area (Å²) in [4.78, 5) is 10.5. The minimum atomic E-state index is -0.721. The number of hydrogen-bond acceptors (Lipinski definition) is 2. The van der Waals surface area contributed by atoms with Gasteiger partial charge in [0.1, 0.15) is 0 Å². The van der Waals surface area contributed by atoms with Crippen molar-refractivity contribution in [2.24, 2.45) is 0 Å². The molecule has 94 valence electrons. The molecule has 0 aliphatic rings. The quantitative estimate of drug-likeness (QED) is 0.330. The van der Waals surface area contributed by atoms with E-state index >= 15 is 0 Å². The second-order valence-electron chi connectivity index (χ2n) is 3.18. The van der Waals surface area contributed by atoms with Gasteiger partial charge in [0.15, 0.2) is 6.61 Å². The van der Waals surface area contributed by atoms with Gasteiger partial charge in [-0.15, -0.1) is 6.42 Å². The number of esters is 1. The highest BCUT2D eigenvalue weighted by atomic mass is 16.5. The molecule has 0 radical (unpaired) electrons. The van der Waals surface area contributed by atoms with Crippen LogP contribution in [0, 0.1) is 59.7 Å². The molecule has 0 aliphatic carbocycles. The first kappa shape index (κ1) is 16.3. The van der Waals surface area contributed by atoms with Gasteiger partial charge in [-0.3, -0.25) is 0 Å². The maximum absolute atomic E-state index is 10.5. The third-order valence-electron chi connectivity index (χ3n) is 1.62. The second kappa shape index (κ2) is 13.3. The third kappa shape index (κ3) is 13.2. The zero-order chi connectivity index (χ0) is 14.2. The lowest BCUT2D eigenvalue weighted by molar-refractivity contribution is -0.135. The topological polar surface area (TPSA) is 26.3 Å². The molecule has 0 aliphatic heterocycles. The summed E-state index contributed by atoms with van der Waals surface area (Å²) in [5, 5.41) is 0. The van der Waals surface area contributed by atoms with Crippen LogP contribution in [0.2, 0.25) is 0 Å². The van der Waals surface area contributed by atoms with E-state index in [1.165, 1.54) is 0 Å². The van der Waals surface area contributed by atoms with E-state index < -0.39 is 5.97 Å². The summed E-state index contributed by atoms with van der Waals surface area (Å²) in [5.41, 5.74) is 0. The Morgan fingerprint density at radius 1 is 0.947 bits per heavy atom. The Morgan fingerprint density at radius 3 is 2.00 bits per heavy atom. The first-order chi connectivity index (χ1) is 9.31. The molecule has 0 bridgehead atoms. The Kier molecular flexibility index (Phi) is 11.4. The summed E-state index contributed by atoms with van der Waals surface area (Å²) in [5.74, 6) is 23.0. The SMILES string of the molecule is C#CC(=O)OCC#CC#CCCC#CC#CCCC. The molecule has 0 saturated heterocycles. The van der Waals surface area contributed by atoms with Gasteiger partial charge in [-0.1, -0.05) is 24.7 Å². The molecule has 0 rings (SSSR count). The van der Waals surface area contributed by atoms with Crippen molar-refractivity contribution in [1.82, 2.24) is 0 Å².